The van der Waals surface area contributed by atoms with Crippen LogP contribution in [0.4, 0.5) is 19.1 Å². The number of nitrogens with zero attached hydrogens (tertiary/aromatic N) is 2. The summed E-state index contributed by atoms with van der Waals surface area (Å²) in [5, 5.41) is 2.43. The largest absolute Gasteiger partial charge is 0.438 e. The van der Waals surface area contributed by atoms with Crippen molar-refractivity contribution in [2.24, 2.45) is 4.74 Å². The molecule has 1 heterocycles. The van der Waals surface area contributed by atoms with E-state index < -0.39 is 24.8 Å². The second-order valence-electron chi connectivity index (χ2n) is 7.78. The SMILES string of the molecule is FC(F)(F)c1nc(-c2ccccc2)oc1N=P(c1ccccc1)(c1ccccc1)c1ccccc1. The van der Waals surface area contributed by atoms with Gasteiger partial charge in [0.15, 0.2) is 0 Å². The highest BCUT2D eigenvalue weighted by Crippen LogP contribution is 2.51. The molecule has 5 aromatic rings. The Morgan fingerprint density at radius 3 is 1.40 bits per heavy atom. The molecule has 4 aromatic carbocycles. The van der Waals surface area contributed by atoms with Crippen molar-refractivity contribution in [3.8, 4) is 11.5 Å². The molecule has 0 radical (unpaired) electrons. The van der Waals surface area contributed by atoms with Crippen LogP contribution < -0.4 is 15.9 Å². The van der Waals surface area contributed by atoms with E-state index in [9.17, 15) is 13.2 Å². The normalized spacial score (nSPS) is 11.9. The highest BCUT2D eigenvalue weighted by Gasteiger charge is 2.41. The van der Waals surface area contributed by atoms with Crippen LogP contribution in [0.1, 0.15) is 5.69 Å². The Balaban J connectivity index is 1.89. The summed E-state index contributed by atoms with van der Waals surface area (Å²) in [4.78, 5) is 3.85. The molecule has 174 valence electrons. The third kappa shape index (κ3) is 4.45. The highest BCUT2D eigenvalue weighted by atomic mass is 31.2. The summed E-state index contributed by atoms with van der Waals surface area (Å²) in [7, 11) is -2.96. The summed E-state index contributed by atoms with van der Waals surface area (Å²) >= 11 is 0. The molecule has 3 nitrogen and oxygen atoms in total. The smallest absolute Gasteiger partial charge is 0.418 e. The van der Waals surface area contributed by atoms with E-state index >= 15 is 0 Å². The number of oxazole rings is 1. The van der Waals surface area contributed by atoms with E-state index in [-0.39, 0.29) is 5.89 Å². The zero-order valence-corrected chi connectivity index (χ0v) is 19.3. The van der Waals surface area contributed by atoms with Gasteiger partial charge in [0.1, 0.15) is 0 Å². The first kappa shape index (κ1) is 22.9. The van der Waals surface area contributed by atoms with Gasteiger partial charge in [0.2, 0.25) is 11.6 Å². The van der Waals surface area contributed by atoms with E-state index in [0.29, 0.717) is 5.56 Å². The zero-order valence-electron chi connectivity index (χ0n) is 18.4. The molecule has 0 aliphatic carbocycles. The molecule has 0 spiro atoms. The Kier molecular flexibility index (Phi) is 6.14. The molecule has 0 N–H and O–H groups in total. The Hall–Kier alpha value is -3.89. The van der Waals surface area contributed by atoms with E-state index in [1.807, 2.05) is 91.0 Å². The number of benzene rings is 4. The molecule has 35 heavy (non-hydrogen) atoms. The van der Waals surface area contributed by atoms with Crippen molar-refractivity contribution in [1.82, 2.24) is 4.98 Å². The molecule has 0 amide bonds. The number of alkyl halides is 3. The summed E-state index contributed by atoms with van der Waals surface area (Å²) in [5.41, 5.74) is -0.689. The molecule has 0 fully saturated rings. The minimum Gasteiger partial charge on any atom is -0.418 e. The monoisotopic (exact) mass is 488 g/mol. The molecule has 1 aromatic heterocycles. The summed E-state index contributed by atoms with van der Waals surface area (Å²) < 4.78 is 53.2. The molecular weight excluding hydrogens is 468 g/mol. The van der Waals surface area contributed by atoms with Crippen LogP contribution in [0.5, 0.6) is 0 Å². The molecule has 5 rings (SSSR count). The standard InChI is InChI=1S/C28H20F3N2OP/c29-28(30,31)25-27(34-26(32-25)21-13-5-1-6-14-21)33-35(22-15-7-2-8-16-22,23-17-9-3-10-18-23)24-19-11-4-12-20-24/h1-20H. The second-order valence-corrected chi connectivity index (χ2v) is 10.8. The van der Waals surface area contributed by atoms with Crippen molar-refractivity contribution in [3.63, 3.8) is 0 Å². The molecule has 0 aliphatic heterocycles. The minimum absolute atomic E-state index is 0.121. The van der Waals surface area contributed by atoms with Gasteiger partial charge in [0.25, 0.3) is 5.88 Å². The van der Waals surface area contributed by atoms with Gasteiger partial charge in [0.05, 0.1) is 7.05 Å². The van der Waals surface area contributed by atoms with Gasteiger partial charge in [-0.15, -0.1) is 0 Å². The summed E-state index contributed by atoms with van der Waals surface area (Å²) in [6.07, 6.45) is -4.74. The van der Waals surface area contributed by atoms with Crippen LogP contribution in [-0.4, -0.2) is 4.98 Å². The quantitative estimate of drug-likeness (QED) is 0.246. The predicted octanol–water partition coefficient (Wildman–Crippen LogP) is 7.17. The van der Waals surface area contributed by atoms with Gasteiger partial charge in [-0.3, -0.25) is 0 Å². The van der Waals surface area contributed by atoms with Crippen molar-refractivity contribution in [3.05, 3.63) is 127 Å². The fraction of sp³-hybridized carbons (Fsp3) is 0.0357. The Labute approximate surface area is 201 Å². The maximum absolute atomic E-state index is 14.2. The van der Waals surface area contributed by atoms with E-state index in [0.717, 1.165) is 15.9 Å². The Bertz CT molecular complexity index is 1360. The van der Waals surface area contributed by atoms with Gasteiger partial charge in [-0.2, -0.15) is 13.2 Å². The molecule has 0 saturated carbocycles. The van der Waals surface area contributed by atoms with Crippen molar-refractivity contribution in [1.29, 1.82) is 0 Å². The highest BCUT2D eigenvalue weighted by molar-refractivity contribution is 7.87. The number of halogens is 3. The average molecular weight is 488 g/mol. The molecule has 0 saturated heterocycles. The van der Waals surface area contributed by atoms with Crippen LogP contribution in [0.3, 0.4) is 0 Å². The van der Waals surface area contributed by atoms with E-state index in [1.165, 1.54) is 0 Å². The third-order valence-corrected chi connectivity index (χ3v) is 9.15. The molecular formula is C28H20F3N2OP. The van der Waals surface area contributed by atoms with Crippen LogP contribution in [0.15, 0.2) is 130 Å². The Morgan fingerprint density at radius 1 is 0.600 bits per heavy atom. The predicted molar refractivity (Wildman–Crippen MR) is 134 cm³/mol. The number of hydrogen-bond acceptors (Lipinski definition) is 3. The van der Waals surface area contributed by atoms with E-state index in [4.69, 9.17) is 9.16 Å². The first-order valence-corrected chi connectivity index (χ1v) is 12.7. The third-order valence-electron chi connectivity index (χ3n) is 5.53. The average Bonchev–Trinajstić information content (AvgIpc) is 3.34. The molecule has 7 heteroatoms. The second kappa shape index (κ2) is 9.40. The number of aromatic nitrogens is 1. The lowest BCUT2D eigenvalue weighted by Crippen LogP contribution is -2.25. The van der Waals surface area contributed by atoms with Crippen molar-refractivity contribution in [2.75, 3.05) is 0 Å². The summed E-state index contributed by atoms with van der Waals surface area (Å²) in [6.45, 7) is 0. The van der Waals surface area contributed by atoms with Crippen LogP contribution in [0.2, 0.25) is 0 Å². The lowest BCUT2D eigenvalue weighted by molar-refractivity contribution is -0.140. The summed E-state index contributed by atoms with van der Waals surface area (Å²) in [5.74, 6) is -0.648. The van der Waals surface area contributed by atoms with Crippen LogP contribution in [0.25, 0.3) is 11.5 Å². The maximum Gasteiger partial charge on any atom is 0.438 e. The van der Waals surface area contributed by atoms with Gasteiger partial charge in [0, 0.05) is 21.5 Å². The molecule has 0 bridgehead atoms. The van der Waals surface area contributed by atoms with Crippen LogP contribution in [-0.2, 0) is 6.18 Å². The van der Waals surface area contributed by atoms with Gasteiger partial charge < -0.3 is 4.42 Å². The fourth-order valence-electron chi connectivity index (χ4n) is 3.96. The summed E-state index contributed by atoms with van der Waals surface area (Å²) in [6, 6.07) is 36.8. The van der Waals surface area contributed by atoms with Crippen LogP contribution in [0, 0.1) is 0 Å². The lowest BCUT2D eigenvalue weighted by atomic mass is 10.2. The first-order valence-electron chi connectivity index (χ1n) is 10.9. The number of rotatable bonds is 5. The van der Waals surface area contributed by atoms with Crippen molar-refractivity contribution >= 4 is 28.9 Å². The fourth-order valence-corrected chi connectivity index (χ4v) is 7.42. The van der Waals surface area contributed by atoms with Crippen molar-refractivity contribution in [2.45, 2.75) is 6.18 Å². The lowest BCUT2D eigenvalue weighted by Gasteiger charge is -2.26. The van der Waals surface area contributed by atoms with Gasteiger partial charge in [-0.1, -0.05) is 109 Å². The Morgan fingerprint density at radius 2 is 1.00 bits per heavy atom. The first-order chi connectivity index (χ1) is 17.0. The molecule has 0 unspecified atom stereocenters. The van der Waals surface area contributed by atoms with E-state index in [2.05, 4.69) is 4.98 Å². The minimum atomic E-state index is -4.74. The zero-order chi connectivity index (χ0) is 24.3. The van der Waals surface area contributed by atoms with E-state index in [1.54, 1.807) is 30.3 Å². The van der Waals surface area contributed by atoms with Gasteiger partial charge >= 0.3 is 6.18 Å². The van der Waals surface area contributed by atoms with Gasteiger partial charge in [-0.05, 0) is 12.1 Å². The molecule has 0 atom stereocenters. The topological polar surface area (TPSA) is 38.4 Å². The molecule has 0 aliphatic rings. The van der Waals surface area contributed by atoms with Gasteiger partial charge in [-0.25, -0.2) is 9.73 Å². The van der Waals surface area contributed by atoms with Crippen molar-refractivity contribution < 1.29 is 17.6 Å². The van der Waals surface area contributed by atoms with Crippen LogP contribution >= 0.6 is 7.05 Å². The maximum atomic E-state index is 14.2. The number of hydrogen-bond donors (Lipinski definition) is 0.